The third-order valence-corrected chi connectivity index (χ3v) is 10.3. The first kappa shape index (κ1) is 36.8. The maximum Gasteiger partial charge on any atom is 0.309 e. The van der Waals surface area contributed by atoms with Crippen LogP contribution < -0.4 is 10.5 Å². The van der Waals surface area contributed by atoms with Gasteiger partial charge in [-0.25, -0.2) is 0 Å². The number of hydrogen-bond acceptors (Lipinski definition) is 8. The number of thioether (sulfide) groups is 1. The summed E-state index contributed by atoms with van der Waals surface area (Å²) in [4.78, 5) is 44.0. The number of hydrogen-bond donors (Lipinski definition) is 0. The van der Waals surface area contributed by atoms with E-state index in [1.807, 2.05) is 13.0 Å². The first-order valence-corrected chi connectivity index (χ1v) is 18.4. The van der Waals surface area contributed by atoms with Gasteiger partial charge < -0.3 is 9.64 Å². The third-order valence-electron chi connectivity index (χ3n) is 8.88. The minimum Gasteiger partial charge on any atom is -0.466 e. The van der Waals surface area contributed by atoms with Crippen LogP contribution in [0.5, 0.6) is 0 Å². The lowest BCUT2D eigenvalue weighted by atomic mass is 9.95. The largest absolute Gasteiger partial charge is 0.466 e. The van der Waals surface area contributed by atoms with E-state index in [2.05, 4.69) is 24.8 Å². The normalized spacial score (nSPS) is 16.6. The van der Waals surface area contributed by atoms with E-state index in [0.29, 0.717) is 71.8 Å². The number of carbonyl (C=O) groups is 2. The molecule has 1 aromatic rings. The molecule has 0 spiro atoms. The van der Waals surface area contributed by atoms with E-state index in [1.54, 1.807) is 16.4 Å². The van der Waals surface area contributed by atoms with Crippen molar-refractivity contribution in [3.8, 4) is 6.07 Å². The standard InChI is InChI=1S/C35H52N4O4S2/c1-5-8-10-11-12-13-14-15-16-17-21-39-33(41)30(45-35(39)44)24-28-26(4)29(25-36)32(40)38(20-9-6-2)31(28)37-22-18-27(19-23-37)34(42)43-7-3/h24,27H,5-23H2,1-4H3/b30-24-. The molecule has 1 aromatic heterocycles. The molecule has 0 bridgehead atoms. The van der Waals surface area contributed by atoms with Gasteiger partial charge in [-0.05, 0) is 51.2 Å². The molecule has 0 saturated carbocycles. The second-order valence-electron chi connectivity index (χ2n) is 12.2. The van der Waals surface area contributed by atoms with Crippen molar-refractivity contribution in [2.75, 3.05) is 31.1 Å². The molecule has 0 aliphatic carbocycles. The van der Waals surface area contributed by atoms with Crippen molar-refractivity contribution in [3.05, 3.63) is 31.9 Å². The van der Waals surface area contributed by atoms with E-state index in [1.165, 1.54) is 63.1 Å². The highest BCUT2D eigenvalue weighted by Crippen LogP contribution is 2.37. The van der Waals surface area contributed by atoms with Gasteiger partial charge >= 0.3 is 5.97 Å². The highest BCUT2D eigenvalue weighted by Gasteiger charge is 2.34. The van der Waals surface area contributed by atoms with Crippen LogP contribution in [0.3, 0.4) is 0 Å². The van der Waals surface area contributed by atoms with Crippen LogP contribution in [0.15, 0.2) is 9.70 Å². The number of amides is 1. The molecule has 3 rings (SSSR count). The summed E-state index contributed by atoms with van der Waals surface area (Å²) in [5.41, 5.74) is 1.06. The Kier molecular flexibility index (Phi) is 15.6. The second kappa shape index (κ2) is 19.1. The van der Waals surface area contributed by atoms with E-state index in [-0.39, 0.29) is 28.9 Å². The molecule has 10 heteroatoms. The summed E-state index contributed by atoms with van der Waals surface area (Å²) in [6, 6.07) is 2.13. The summed E-state index contributed by atoms with van der Waals surface area (Å²) in [5, 5.41) is 9.99. The first-order chi connectivity index (χ1) is 21.8. The molecule has 0 aromatic carbocycles. The number of carbonyl (C=O) groups excluding carboxylic acids is 2. The van der Waals surface area contributed by atoms with Crippen LogP contribution in [-0.4, -0.2) is 51.9 Å². The van der Waals surface area contributed by atoms with Gasteiger partial charge in [0.2, 0.25) is 0 Å². The van der Waals surface area contributed by atoms with E-state index in [0.717, 1.165) is 25.7 Å². The Morgan fingerprint density at radius 2 is 1.56 bits per heavy atom. The lowest BCUT2D eigenvalue weighted by Gasteiger charge is -2.35. The predicted molar refractivity (Wildman–Crippen MR) is 188 cm³/mol. The summed E-state index contributed by atoms with van der Waals surface area (Å²) >= 11 is 6.94. The van der Waals surface area contributed by atoms with Crippen LogP contribution in [0.1, 0.15) is 127 Å². The Balaban J connectivity index is 1.80. The van der Waals surface area contributed by atoms with Crippen molar-refractivity contribution in [2.45, 2.75) is 124 Å². The number of nitriles is 1. The number of anilines is 1. The lowest BCUT2D eigenvalue weighted by molar-refractivity contribution is -0.148. The number of esters is 1. The van der Waals surface area contributed by atoms with Crippen molar-refractivity contribution < 1.29 is 14.3 Å². The number of ether oxygens (including phenoxy) is 1. The van der Waals surface area contributed by atoms with Crippen molar-refractivity contribution in [3.63, 3.8) is 0 Å². The molecule has 248 valence electrons. The van der Waals surface area contributed by atoms with Crippen LogP contribution in [0.25, 0.3) is 6.08 Å². The maximum absolute atomic E-state index is 13.6. The average molecular weight is 657 g/mol. The maximum atomic E-state index is 13.6. The molecule has 3 heterocycles. The predicted octanol–water partition coefficient (Wildman–Crippen LogP) is 7.73. The summed E-state index contributed by atoms with van der Waals surface area (Å²) in [7, 11) is 0. The molecular weight excluding hydrogens is 605 g/mol. The summed E-state index contributed by atoms with van der Waals surface area (Å²) < 4.78 is 7.52. The smallest absolute Gasteiger partial charge is 0.309 e. The monoisotopic (exact) mass is 656 g/mol. The third kappa shape index (κ3) is 9.92. The molecule has 2 aliphatic rings. The van der Waals surface area contributed by atoms with Crippen LogP contribution in [0.2, 0.25) is 0 Å². The molecule has 1 amide bonds. The fourth-order valence-corrected chi connectivity index (χ4v) is 7.47. The topological polar surface area (TPSA) is 95.6 Å². The molecule has 0 radical (unpaired) electrons. The number of aromatic nitrogens is 1. The van der Waals surface area contributed by atoms with Crippen LogP contribution in [-0.2, 0) is 20.9 Å². The summed E-state index contributed by atoms with van der Waals surface area (Å²) in [5.74, 6) is 0.245. The minimum absolute atomic E-state index is 0.100. The molecule has 2 fully saturated rings. The minimum atomic E-state index is -0.309. The van der Waals surface area contributed by atoms with Crippen LogP contribution >= 0.6 is 24.0 Å². The van der Waals surface area contributed by atoms with E-state index >= 15 is 0 Å². The lowest BCUT2D eigenvalue weighted by Crippen LogP contribution is -2.41. The van der Waals surface area contributed by atoms with Crippen molar-refractivity contribution in [1.82, 2.24) is 9.47 Å². The highest BCUT2D eigenvalue weighted by atomic mass is 32.2. The average Bonchev–Trinajstić information content (AvgIpc) is 3.30. The number of pyridine rings is 1. The van der Waals surface area contributed by atoms with Crippen LogP contribution in [0, 0.1) is 24.2 Å². The molecule has 2 aliphatic heterocycles. The van der Waals surface area contributed by atoms with E-state index in [4.69, 9.17) is 17.0 Å². The van der Waals surface area contributed by atoms with Gasteiger partial charge in [-0.1, -0.05) is 102 Å². The Morgan fingerprint density at radius 3 is 2.13 bits per heavy atom. The molecule has 45 heavy (non-hydrogen) atoms. The molecule has 2 saturated heterocycles. The Morgan fingerprint density at radius 1 is 0.956 bits per heavy atom. The number of piperidine rings is 1. The SMILES string of the molecule is CCCCCCCCCCCCN1C(=O)/C(=C/c2c(C)c(C#N)c(=O)n(CCCC)c2N2CCC(C(=O)OCC)CC2)SC1=S. The fourth-order valence-electron chi connectivity index (χ4n) is 6.18. The molecule has 0 atom stereocenters. The summed E-state index contributed by atoms with van der Waals surface area (Å²) in [6.07, 6.45) is 17.0. The van der Waals surface area contributed by atoms with Gasteiger partial charge in [-0.2, -0.15) is 5.26 Å². The number of thiocarbonyl (C=S) groups is 1. The van der Waals surface area contributed by atoms with Crippen molar-refractivity contribution in [1.29, 1.82) is 5.26 Å². The second-order valence-corrected chi connectivity index (χ2v) is 13.9. The highest BCUT2D eigenvalue weighted by molar-refractivity contribution is 8.26. The fraction of sp³-hybridized carbons (Fsp3) is 0.686. The Hall–Kier alpha value is -2.64. The van der Waals surface area contributed by atoms with Gasteiger partial charge in [0.05, 0.1) is 17.4 Å². The van der Waals surface area contributed by atoms with E-state index < -0.39 is 0 Å². The summed E-state index contributed by atoms with van der Waals surface area (Å²) in [6.45, 7) is 10.5. The first-order valence-electron chi connectivity index (χ1n) is 17.1. The number of nitrogens with zero attached hydrogens (tertiary/aromatic N) is 4. The molecule has 0 unspecified atom stereocenters. The van der Waals surface area contributed by atoms with Crippen molar-refractivity contribution >= 4 is 52.1 Å². The van der Waals surface area contributed by atoms with Crippen molar-refractivity contribution in [2.24, 2.45) is 5.92 Å². The van der Waals surface area contributed by atoms with Gasteiger partial charge in [0.25, 0.3) is 11.5 Å². The zero-order chi connectivity index (χ0) is 32.8. The van der Waals surface area contributed by atoms with Gasteiger partial charge in [-0.3, -0.25) is 23.9 Å². The van der Waals surface area contributed by atoms with Gasteiger partial charge in [0.1, 0.15) is 21.8 Å². The van der Waals surface area contributed by atoms with Gasteiger partial charge in [-0.15, -0.1) is 0 Å². The zero-order valence-electron chi connectivity index (χ0n) is 27.8. The Bertz CT molecular complexity index is 1310. The van der Waals surface area contributed by atoms with Crippen LogP contribution in [0.4, 0.5) is 5.82 Å². The zero-order valence-corrected chi connectivity index (χ0v) is 29.5. The van der Waals surface area contributed by atoms with Gasteiger partial charge in [0.15, 0.2) is 0 Å². The number of rotatable bonds is 18. The molecular formula is C35H52N4O4S2. The molecule has 0 N–H and O–H groups in total. The molecule has 8 nitrogen and oxygen atoms in total. The van der Waals surface area contributed by atoms with E-state index in [9.17, 15) is 19.6 Å². The van der Waals surface area contributed by atoms with Gasteiger partial charge in [0, 0.05) is 31.7 Å². The number of unbranched alkanes of at least 4 members (excludes halogenated alkanes) is 10. The quantitative estimate of drug-likeness (QED) is 0.0686. The Labute approximate surface area is 279 Å².